The molecule has 87 heavy (non-hydrogen) atoms. The Morgan fingerprint density at radius 2 is 1.01 bits per heavy atom. The van der Waals surface area contributed by atoms with E-state index in [1.54, 1.807) is 70.3 Å². The summed E-state index contributed by atoms with van der Waals surface area (Å²) in [7, 11) is 1.26. The number of hydrogen-bond donors (Lipinski definition) is 8. The summed E-state index contributed by atoms with van der Waals surface area (Å²) in [6, 6.07) is 11.4. The number of pyridine rings is 7. The van der Waals surface area contributed by atoms with Crippen molar-refractivity contribution < 1.29 is 26.1 Å². The fourth-order valence-electron chi connectivity index (χ4n) is 5.99. The second kappa shape index (κ2) is 38.3. The van der Waals surface area contributed by atoms with Crippen LogP contribution in [0.25, 0.3) is 22.1 Å². The number of halogens is 11. The Bertz CT molecular complexity index is 3980. The lowest BCUT2D eigenvalue weighted by atomic mass is 10.2. The number of aryl methyl sites for hydroxylation is 7. The molecule has 17 N–H and O–H groups in total. The van der Waals surface area contributed by atoms with Crippen LogP contribution in [0.4, 0.5) is 28.4 Å². The molecule has 0 aliphatic carbocycles. The molecule has 1 amide bonds. The number of carbonyl (C=O) groups is 2. The number of ether oxygens (including phenoxy) is 1. The summed E-state index contributed by atoms with van der Waals surface area (Å²) >= 11 is 54.9. The number of primary amides is 1. The van der Waals surface area contributed by atoms with E-state index >= 15 is 0 Å². The smallest absolute Gasteiger partial charge is 0.358 e. The van der Waals surface area contributed by atoms with Crippen LogP contribution in [-0.2, 0) is 4.74 Å². The van der Waals surface area contributed by atoms with Gasteiger partial charge in [0, 0.05) is 6.93 Å². The van der Waals surface area contributed by atoms with E-state index in [0.29, 0.717) is 76.2 Å². The van der Waals surface area contributed by atoms with E-state index in [0.717, 1.165) is 26.6 Å². The molecule has 0 atom stereocenters. The Morgan fingerprint density at radius 1 is 0.586 bits per heavy atom. The lowest BCUT2D eigenvalue weighted by Gasteiger charge is -2.05. The molecule has 9 aromatic heterocycles. The maximum atomic E-state index is 11.3. The number of aromatic nitrogens is 11. The van der Waals surface area contributed by atoms with Gasteiger partial charge < -0.3 is 50.0 Å². The van der Waals surface area contributed by atoms with Gasteiger partial charge in [0.2, 0.25) is 5.28 Å². The van der Waals surface area contributed by atoms with Crippen LogP contribution in [0.15, 0.2) is 64.4 Å². The van der Waals surface area contributed by atoms with Crippen molar-refractivity contribution in [2.45, 2.75) is 48.5 Å². The number of amides is 1. The normalized spacial score (nSPS) is 9.85. The number of nitrogen functional groups attached to an aromatic ring is 4. The molecule has 0 saturated heterocycles. The number of esters is 1. The highest BCUT2D eigenvalue weighted by molar-refractivity contribution is 14.1. The minimum atomic E-state index is -0.668. The number of aromatic amines is 2. The standard InChI is InChI=1S/C8H4Cl3N3.C8H6ClN3O2.C8H9ClN2O2.C7H8ClN3O.C6H6ClIN2.C6H5ClN2O2.C6H7ClN2.CH3I.H3N.H2O/c1-3-2-4(9)12-6-5(3)13-8(11)14-7(6)10;1-3-2-4(9)10-6-5(3)11-8(14)12-7(6)13;1-4-3-5(9)11-7(6(4)10)8(12)13-2;1-3-2-4(8)11-6(5(3)9)7(10)12;1-3-2-4(7)10-6(8)5(3)9;1-4-2-6(7)8-3-5(4)9(10)11;1-4-2-6(7)9-3-5(4)8;1-2;;/h2H,1H3;2H,1H3,(H2,11,12,13,14);3H,10H2,1-2H3;2H,9H2,1H3,(H2,10,12);2H,9H2,1H3;2-3H,1H3;2-3H,8H2,1H3;1H3;1H3;1H2/i;;;;;;;1D;;. The second-order valence-corrected chi connectivity index (χ2v) is 20.8. The quantitative estimate of drug-likeness (QED) is 0.0119. The molecule has 0 fully saturated rings. The van der Waals surface area contributed by atoms with Crippen molar-refractivity contribution in [2.75, 3.05) is 35.0 Å². The van der Waals surface area contributed by atoms with Gasteiger partial charge in [-0.2, -0.15) is 0 Å². The number of alkyl halides is 1. The monoisotopic (exact) mass is 1600 g/mol. The Kier molecular flexibility index (Phi) is 34.7. The van der Waals surface area contributed by atoms with Crippen LogP contribution in [0.5, 0.6) is 0 Å². The van der Waals surface area contributed by atoms with E-state index < -0.39 is 28.0 Å². The largest absolute Gasteiger partial charge is 0.464 e. The van der Waals surface area contributed by atoms with Crippen molar-refractivity contribution in [2.24, 2.45) is 5.73 Å². The molecule has 26 nitrogen and oxygen atoms in total. The Labute approximate surface area is 569 Å². The fourth-order valence-corrected chi connectivity index (χ4v) is 8.91. The first-order valence-electron chi connectivity index (χ1n) is 23.5. The number of nitrogens with two attached hydrogens (primary N) is 5. The summed E-state index contributed by atoms with van der Waals surface area (Å²) in [6.07, 6.45) is 2.70. The summed E-state index contributed by atoms with van der Waals surface area (Å²) in [4.78, 5) is 93.4. The van der Waals surface area contributed by atoms with Crippen LogP contribution in [0.2, 0.25) is 46.5 Å². The molecule has 0 spiro atoms. The van der Waals surface area contributed by atoms with Crippen molar-refractivity contribution in [1.29, 1.82) is 0 Å². The molecule has 0 unspecified atom stereocenters. The molecule has 0 aliphatic heterocycles. The number of rotatable bonds is 3. The van der Waals surface area contributed by atoms with Gasteiger partial charge in [-0.05, 0) is 163 Å². The fraction of sp³-hybridized carbons (Fsp3) is 0.180. The third-order valence-electron chi connectivity index (χ3n) is 10.2. The van der Waals surface area contributed by atoms with Crippen molar-refractivity contribution in [3.63, 3.8) is 0 Å². The summed E-state index contributed by atoms with van der Waals surface area (Å²) in [5.41, 5.74) is 35.3. The van der Waals surface area contributed by atoms with E-state index in [2.05, 4.69) is 82.2 Å². The zero-order valence-electron chi connectivity index (χ0n) is 47.5. The van der Waals surface area contributed by atoms with E-state index in [9.17, 15) is 29.3 Å². The van der Waals surface area contributed by atoms with Gasteiger partial charge in [0.05, 0.1) is 52.0 Å². The number of nitrogens with zero attached hydrogens (tertiary/aromatic N) is 10. The highest BCUT2D eigenvalue weighted by Gasteiger charge is 2.16. The maximum absolute atomic E-state index is 11.3. The van der Waals surface area contributed by atoms with Crippen LogP contribution in [0.1, 0.15) is 61.3 Å². The number of anilines is 4. The molecular formula is C50H53Cl9I2N18O8. The Hall–Kier alpha value is -6.14. The number of hydrogen-bond acceptors (Lipinski definition) is 21. The van der Waals surface area contributed by atoms with Gasteiger partial charge in [0.25, 0.3) is 17.2 Å². The van der Waals surface area contributed by atoms with Crippen LogP contribution >= 0.6 is 150 Å². The number of nitrogens with one attached hydrogen (secondary N) is 2. The molecule has 0 aromatic carbocycles. The first-order chi connectivity index (χ1) is 40.1. The van der Waals surface area contributed by atoms with Gasteiger partial charge in [-0.3, -0.25) is 24.7 Å². The van der Waals surface area contributed by atoms with Crippen LogP contribution in [-0.4, -0.2) is 89.1 Å². The summed E-state index contributed by atoms with van der Waals surface area (Å²) in [5, 5.41) is 12.9. The second-order valence-electron chi connectivity index (χ2n) is 16.4. The number of methoxy groups -OCH3 is 1. The molecule has 0 bridgehead atoms. The first kappa shape index (κ1) is 78.9. The minimum Gasteiger partial charge on any atom is -0.464 e. The molecule has 9 aromatic rings. The van der Waals surface area contributed by atoms with E-state index in [4.69, 9.17) is 134 Å². The van der Waals surface area contributed by atoms with Gasteiger partial charge in [0.15, 0.2) is 22.1 Å². The molecule has 0 aliphatic rings. The zero-order valence-corrected chi connectivity index (χ0v) is 57.6. The summed E-state index contributed by atoms with van der Waals surface area (Å²) in [5.74, 6) is -1.25. The maximum Gasteiger partial charge on any atom is 0.358 e. The van der Waals surface area contributed by atoms with Gasteiger partial charge >= 0.3 is 11.7 Å². The van der Waals surface area contributed by atoms with Gasteiger partial charge in [-0.15, -0.1) is 0 Å². The molecule has 0 radical (unpaired) electrons. The predicted octanol–water partition coefficient (Wildman–Crippen LogP) is 12.2. The van der Waals surface area contributed by atoms with Gasteiger partial charge in [0.1, 0.15) is 51.5 Å². The lowest BCUT2D eigenvalue weighted by Crippen LogP contribution is -2.23. The van der Waals surface area contributed by atoms with Crippen LogP contribution < -0.4 is 46.1 Å². The van der Waals surface area contributed by atoms with Crippen molar-refractivity contribution in [1.82, 2.24) is 61.0 Å². The molecule has 468 valence electrons. The average Bonchev–Trinajstić information content (AvgIpc) is 3.27. The topological polar surface area (TPSA) is 465 Å². The van der Waals surface area contributed by atoms with E-state index in [-0.39, 0.29) is 71.0 Å². The average molecular weight is 1610 g/mol. The van der Waals surface area contributed by atoms with Gasteiger partial charge in [-0.25, -0.2) is 54.4 Å². The van der Waals surface area contributed by atoms with Crippen LogP contribution in [0.3, 0.4) is 0 Å². The van der Waals surface area contributed by atoms with Crippen molar-refractivity contribution in [3.05, 3.63) is 186 Å². The Balaban J connectivity index is 0.000000996. The van der Waals surface area contributed by atoms with Crippen molar-refractivity contribution >= 4 is 212 Å². The number of carbonyl (C=O) groups excluding carboxylic acids is 2. The zero-order chi connectivity index (χ0) is 65.6. The first-order valence-corrected chi connectivity index (χ1v) is 28.8. The third-order valence-corrected chi connectivity index (χ3v) is 12.9. The number of fused-ring (bicyclic) bond motifs is 2. The van der Waals surface area contributed by atoms with E-state index in [1.165, 1.54) is 13.2 Å². The molecule has 9 heterocycles. The van der Waals surface area contributed by atoms with E-state index in [1.807, 2.05) is 43.4 Å². The predicted molar refractivity (Wildman–Crippen MR) is 365 cm³/mol. The number of H-pyrrole nitrogens is 2. The lowest BCUT2D eigenvalue weighted by molar-refractivity contribution is -0.385. The highest BCUT2D eigenvalue weighted by atomic mass is 127. The molecule has 0 saturated carbocycles. The highest BCUT2D eigenvalue weighted by Crippen LogP contribution is 2.26. The third kappa shape index (κ3) is 25.5. The molecule has 37 heteroatoms. The minimum absolute atomic E-state index is 0. The molecular weight excluding hydrogens is 1550 g/mol. The SMILES string of the molecule is COC(=O)c1nc(Cl)cc(C)c1N.Cc1cc(Cl)nc(C(N)=O)c1N.Cc1cc(Cl)nc(I)c1N.Cc1cc(Cl)nc2c(=O)[nH]c(=O)[nH]c12.Cc1cc(Cl)nc2c(Cl)nc(Cl)nc12.Cc1cc(Cl)ncc1N.Cc1cc(Cl)ncc1[N+](=O)[O-].N.O.[2H]CI. The summed E-state index contributed by atoms with van der Waals surface area (Å²) in [6.45, 7) is 12.5. The van der Waals surface area contributed by atoms with Crippen LogP contribution in [0, 0.1) is 62.3 Å². The Morgan fingerprint density at radius 3 is 1.48 bits per heavy atom. The summed E-state index contributed by atoms with van der Waals surface area (Å²) < 4.78 is 11.4. The molecule has 9 rings (SSSR count). The van der Waals surface area contributed by atoms with Crippen molar-refractivity contribution in [3.8, 4) is 0 Å². The number of nitro groups is 1. The van der Waals surface area contributed by atoms with Gasteiger partial charge in [-0.1, -0.05) is 115 Å².